The van der Waals surface area contributed by atoms with Gasteiger partial charge in [-0.15, -0.1) is 0 Å². The van der Waals surface area contributed by atoms with Crippen molar-refractivity contribution in [3.05, 3.63) is 84.2 Å². The van der Waals surface area contributed by atoms with Gasteiger partial charge in [0.25, 0.3) is 0 Å². The van der Waals surface area contributed by atoms with Gasteiger partial charge >= 0.3 is 6.09 Å². The highest BCUT2D eigenvalue weighted by molar-refractivity contribution is 5.92. The van der Waals surface area contributed by atoms with Gasteiger partial charge in [-0.1, -0.05) is 48.5 Å². The number of anilines is 1. The van der Waals surface area contributed by atoms with Gasteiger partial charge in [-0.2, -0.15) is 0 Å². The van der Waals surface area contributed by atoms with Crippen LogP contribution in [0, 0.1) is 0 Å². The summed E-state index contributed by atoms with van der Waals surface area (Å²) in [5, 5.41) is 5.79. The molecular weight excluding hydrogens is 646 g/mol. The SMILES string of the molecule is COCCCn1c(C2CCCN(C(=O)CC(Cc3ccc(-c4ccc(NC(=O)COC)cc4)cc3)NC(=O)OC(C)(C)C)C2)nc2ccccc21. The Hall–Kier alpha value is -4.74. The number of para-hydroxylation sites is 2. The molecule has 0 spiro atoms. The van der Waals surface area contributed by atoms with Gasteiger partial charge in [-0.05, 0) is 87.4 Å². The van der Waals surface area contributed by atoms with E-state index in [-0.39, 0.29) is 30.8 Å². The maximum atomic E-state index is 13.9. The summed E-state index contributed by atoms with van der Waals surface area (Å²) in [5.41, 5.74) is 5.08. The molecule has 2 N–H and O–H groups in total. The van der Waals surface area contributed by atoms with Crippen molar-refractivity contribution in [2.24, 2.45) is 0 Å². The van der Waals surface area contributed by atoms with Crippen LogP contribution >= 0.6 is 0 Å². The number of hydrogen-bond donors (Lipinski definition) is 2. The van der Waals surface area contributed by atoms with Gasteiger partial charge in [-0.25, -0.2) is 9.78 Å². The molecule has 1 aromatic heterocycles. The third-order valence-corrected chi connectivity index (χ3v) is 8.91. The first-order chi connectivity index (χ1) is 24.5. The topological polar surface area (TPSA) is 124 Å². The second-order valence-electron chi connectivity index (χ2n) is 14.1. The Morgan fingerprint density at radius 1 is 0.941 bits per heavy atom. The summed E-state index contributed by atoms with van der Waals surface area (Å²) < 4.78 is 18.1. The van der Waals surface area contributed by atoms with E-state index in [9.17, 15) is 14.4 Å². The van der Waals surface area contributed by atoms with Crippen molar-refractivity contribution in [1.29, 1.82) is 0 Å². The lowest BCUT2D eigenvalue weighted by molar-refractivity contribution is -0.133. The number of carbonyl (C=O) groups excluding carboxylic acids is 3. The molecule has 2 atom stereocenters. The predicted molar refractivity (Wildman–Crippen MR) is 199 cm³/mol. The van der Waals surface area contributed by atoms with Crippen LogP contribution < -0.4 is 10.6 Å². The summed E-state index contributed by atoms with van der Waals surface area (Å²) in [7, 11) is 3.20. The molecule has 0 radical (unpaired) electrons. The molecule has 1 saturated heterocycles. The number of amides is 3. The van der Waals surface area contributed by atoms with E-state index in [0.29, 0.717) is 31.8 Å². The van der Waals surface area contributed by atoms with Crippen LogP contribution in [-0.2, 0) is 36.8 Å². The van der Waals surface area contributed by atoms with E-state index in [2.05, 4.69) is 21.3 Å². The van der Waals surface area contributed by atoms with E-state index in [1.165, 1.54) is 7.11 Å². The lowest BCUT2D eigenvalue weighted by Gasteiger charge is -2.34. The third kappa shape index (κ3) is 10.6. The molecule has 272 valence electrons. The molecule has 11 nitrogen and oxygen atoms in total. The van der Waals surface area contributed by atoms with E-state index < -0.39 is 17.7 Å². The average molecular weight is 698 g/mol. The first-order valence-corrected chi connectivity index (χ1v) is 17.7. The second kappa shape index (κ2) is 17.5. The monoisotopic (exact) mass is 697 g/mol. The number of piperidine rings is 1. The molecular formula is C40H51N5O6. The van der Waals surface area contributed by atoms with E-state index in [4.69, 9.17) is 19.2 Å². The largest absolute Gasteiger partial charge is 0.444 e. The van der Waals surface area contributed by atoms with E-state index in [0.717, 1.165) is 59.4 Å². The summed E-state index contributed by atoms with van der Waals surface area (Å²) >= 11 is 0. The van der Waals surface area contributed by atoms with Crippen LogP contribution in [0.15, 0.2) is 72.8 Å². The fraction of sp³-hybridized carbons (Fsp3) is 0.450. The van der Waals surface area contributed by atoms with Crippen molar-refractivity contribution in [2.75, 3.05) is 45.8 Å². The second-order valence-corrected chi connectivity index (χ2v) is 14.1. The maximum Gasteiger partial charge on any atom is 0.407 e. The van der Waals surface area contributed by atoms with Gasteiger partial charge < -0.3 is 34.3 Å². The highest BCUT2D eigenvalue weighted by Crippen LogP contribution is 2.30. The molecule has 0 aliphatic carbocycles. The van der Waals surface area contributed by atoms with Crippen molar-refractivity contribution < 1.29 is 28.6 Å². The smallest absolute Gasteiger partial charge is 0.407 e. The van der Waals surface area contributed by atoms with Gasteiger partial charge in [0.05, 0.1) is 11.0 Å². The zero-order chi connectivity index (χ0) is 36.4. The molecule has 1 aliphatic heterocycles. The number of alkyl carbamates (subject to hydrolysis) is 1. The number of nitrogens with one attached hydrogen (secondary N) is 2. The summed E-state index contributed by atoms with van der Waals surface area (Å²) in [5.74, 6) is 0.909. The Bertz CT molecular complexity index is 1760. The molecule has 4 aromatic rings. The quantitative estimate of drug-likeness (QED) is 0.143. The van der Waals surface area contributed by atoms with E-state index >= 15 is 0 Å². The first-order valence-electron chi connectivity index (χ1n) is 17.7. The summed E-state index contributed by atoms with van der Waals surface area (Å²) in [6.07, 6.45) is 2.77. The van der Waals surface area contributed by atoms with E-state index in [1.54, 1.807) is 7.11 Å². The van der Waals surface area contributed by atoms with Crippen molar-refractivity contribution in [3.63, 3.8) is 0 Å². The molecule has 3 aromatic carbocycles. The Labute approximate surface area is 300 Å². The summed E-state index contributed by atoms with van der Waals surface area (Å²) in [6, 6.07) is 23.4. The van der Waals surface area contributed by atoms with Gasteiger partial charge in [0.1, 0.15) is 18.0 Å². The van der Waals surface area contributed by atoms with Crippen molar-refractivity contribution in [1.82, 2.24) is 19.8 Å². The lowest BCUT2D eigenvalue weighted by atomic mass is 9.95. The lowest BCUT2D eigenvalue weighted by Crippen LogP contribution is -2.46. The zero-order valence-electron chi connectivity index (χ0n) is 30.4. The van der Waals surface area contributed by atoms with Crippen LogP contribution in [-0.4, -0.2) is 84.5 Å². The molecule has 51 heavy (non-hydrogen) atoms. The number of imidazole rings is 1. The maximum absolute atomic E-state index is 13.9. The van der Waals surface area contributed by atoms with Crippen LogP contribution in [0.3, 0.4) is 0 Å². The van der Waals surface area contributed by atoms with Gasteiger partial charge in [0.2, 0.25) is 11.8 Å². The minimum Gasteiger partial charge on any atom is -0.444 e. The molecule has 0 saturated carbocycles. The number of hydrogen-bond acceptors (Lipinski definition) is 7. The normalized spacial score (nSPS) is 15.4. The number of aromatic nitrogens is 2. The summed E-state index contributed by atoms with van der Waals surface area (Å²) in [6.45, 7) is 8.17. The number of aryl methyl sites for hydroxylation is 1. The number of nitrogens with zero attached hydrogens (tertiary/aromatic N) is 3. The van der Waals surface area contributed by atoms with Crippen LogP contribution in [0.1, 0.15) is 63.8 Å². The molecule has 1 fully saturated rings. The number of methoxy groups -OCH3 is 2. The predicted octanol–water partition coefficient (Wildman–Crippen LogP) is 6.56. The summed E-state index contributed by atoms with van der Waals surface area (Å²) in [4.78, 5) is 45.7. The van der Waals surface area contributed by atoms with Gasteiger partial charge in [-0.3, -0.25) is 9.59 Å². The minimum atomic E-state index is -0.669. The number of carbonyl (C=O) groups is 3. The molecule has 2 unspecified atom stereocenters. The van der Waals surface area contributed by atoms with Crippen LogP contribution in [0.25, 0.3) is 22.2 Å². The van der Waals surface area contributed by atoms with Crippen molar-refractivity contribution >= 4 is 34.6 Å². The van der Waals surface area contributed by atoms with Gasteiger partial charge in [0.15, 0.2) is 0 Å². The minimum absolute atomic E-state index is 0.00268. The highest BCUT2D eigenvalue weighted by atomic mass is 16.6. The Balaban J connectivity index is 1.28. The molecule has 11 heteroatoms. The number of fused-ring (bicyclic) bond motifs is 1. The number of ether oxygens (including phenoxy) is 3. The average Bonchev–Trinajstić information content (AvgIpc) is 3.47. The Kier molecular flexibility index (Phi) is 12.8. The fourth-order valence-corrected chi connectivity index (χ4v) is 6.60. The molecule has 0 bridgehead atoms. The van der Waals surface area contributed by atoms with E-state index in [1.807, 2.05) is 92.4 Å². The third-order valence-electron chi connectivity index (χ3n) is 8.91. The fourth-order valence-electron chi connectivity index (χ4n) is 6.60. The number of rotatable bonds is 14. The zero-order valence-corrected chi connectivity index (χ0v) is 30.4. The molecule has 5 rings (SSSR count). The molecule has 1 aliphatic rings. The number of likely N-dealkylation sites (tertiary alicyclic amines) is 1. The van der Waals surface area contributed by atoms with Crippen LogP contribution in [0.5, 0.6) is 0 Å². The van der Waals surface area contributed by atoms with Crippen molar-refractivity contribution in [3.8, 4) is 11.1 Å². The standard InChI is InChI=1S/C40H51N5O6/c1-40(2,3)51-39(48)42-33(24-28-13-15-29(16-14-28)30-17-19-32(20-18-30)41-36(46)27-50-5)25-37(47)44-21-8-10-31(26-44)38-43-34-11-6-7-12-35(34)45(38)22-9-23-49-4/h6-7,11-20,31,33H,8-10,21-27H2,1-5H3,(H,41,46)(H,42,48). The van der Waals surface area contributed by atoms with Gasteiger partial charge in [0, 0.05) is 64.5 Å². The Morgan fingerprint density at radius 2 is 1.65 bits per heavy atom. The highest BCUT2D eigenvalue weighted by Gasteiger charge is 2.30. The number of benzene rings is 3. The Morgan fingerprint density at radius 3 is 2.33 bits per heavy atom. The van der Waals surface area contributed by atoms with Crippen LogP contribution in [0.4, 0.5) is 10.5 Å². The van der Waals surface area contributed by atoms with Crippen molar-refractivity contribution in [2.45, 2.75) is 77.0 Å². The molecule has 3 amide bonds. The molecule has 2 heterocycles. The van der Waals surface area contributed by atoms with Crippen LogP contribution in [0.2, 0.25) is 0 Å². The first kappa shape index (κ1) is 37.5.